The smallest absolute Gasteiger partial charge is 0.231 e. The van der Waals surface area contributed by atoms with Crippen LogP contribution in [0.4, 0.5) is 23.1 Å². The van der Waals surface area contributed by atoms with Gasteiger partial charge < -0.3 is 29.7 Å². The number of ether oxygens (including phenoxy) is 3. The average molecular weight is 528 g/mol. The zero-order valence-electron chi connectivity index (χ0n) is 20.5. The topological polar surface area (TPSA) is 98.6 Å². The number of thiophene rings is 1. The van der Waals surface area contributed by atoms with Crippen LogP contribution in [0.5, 0.6) is 11.5 Å². The summed E-state index contributed by atoms with van der Waals surface area (Å²) in [6.07, 6.45) is 1.79. The maximum atomic E-state index is 5.52. The molecule has 11 heteroatoms. The van der Waals surface area contributed by atoms with Gasteiger partial charge in [0.25, 0.3) is 0 Å². The second-order valence-corrected chi connectivity index (χ2v) is 9.76. The lowest BCUT2D eigenvalue weighted by molar-refractivity contribution is 0.122. The minimum Gasteiger partial charge on any atom is -0.454 e. The van der Waals surface area contributed by atoms with E-state index in [0.717, 1.165) is 60.4 Å². The summed E-state index contributed by atoms with van der Waals surface area (Å²) in [7, 11) is 0. The fourth-order valence-electron chi connectivity index (χ4n) is 4.60. The Kier molecular flexibility index (Phi) is 5.91. The minimum atomic E-state index is 0.251. The molecular formula is C27H25N7O3S. The number of fused-ring (bicyclic) bond motifs is 2. The van der Waals surface area contributed by atoms with Crippen molar-refractivity contribution in [1.82, 2.24) is 19.5 Å². The van der Waals surface area contributed by atoms with Crippen molar-refractivity contribution in [3.8, 4) is 17.2 Å². The van der Waals surface area contributed by atoms with Crippen LogP contribution in [-0.4, -0.2) is 52.6 Å². The number of nitrogens with one attached hydrogen (secondary N) is 2. The lowest BCUT2D eigenvalue weighted by Gasteiger charge is -2.28. The van der Waals surface area contributed by atoms with E-state index in [-0.39, 0.29) is 6.79 Å². The summed E-state index contributed by atoms with van der Waals surface area (Å²) in [5.74, 6) is 2.65. The molecule has 1 saturated heterocycles. The van der Waals surface area contributed by atoms with Gasteiger partial charge in [0.1, 0.15) is 6.33 Å². The molecule has 0 amide bonds. The van der Waals surface area contributed by atoms with E-state index in [4.69, 9.17) is 24.2 Å². The quantitative estimate of drug-likeness (QED) is 0.309. The summed E-state index contributed by atoms with van der Waals surface area (Å²) in [6.45, 7) is 4.10. The zero-order valence-corrected chi connectivity index (χ0v) is 21.3. The van der Waals surface area contributed by atoms with Crippen LogP contribution in [0.1, 0.15) is 5.56 Å². The Morgan fingerprint density at radius 3 is 2.63 bits per heavy atom. The molecule has 0 atom stereocenters. The Morgan fingerprint density at radius 2 is 1.79 bits per heavy atom. The van der Waals surface area contributed by atoms with Gasteiger partial charge in [0, 0.05) is 36.4 Å². The van der Waals surface area contributed by atoms with Crippen molar-refractivity contribution in [3.05, 3.63) is 71.2 Å². The van der Waals surface area contributed by atoms with Gasteiger partial charge in [0.15, 0.2) is 28.5 Å². The molecule has 0 saturated carbocycles. The molecule has 5 aromatic rings. The Hall–Kier alpha value is -4.35. The van der Waals surface area contributed by atoms with Crippen molar-refractivity contribution < 1.29 is 14.2 Å². The van der Waals surface area contributed by atoms with Gasteiger partial charge in [-0.05, 0) is 53.4 Å². The van der Waals surface area contributed by atoms with Crippen LogP contribution in [0.2, 0.25) is 0 Å². The Bertz CT molecular complexity index is 1560. The third kappa shape index (κ3) is 4.46. The van der Waals surface area contributed by atoms with Crippen LogP contribution in [-0.2, 0) is 11.3 Å². The van der Waals surface area contributed by atoms with E-state index in [9.17, 15) is 0 Å². The van der Waals surface area contributed by atoms with Gasteiger partial charge in [-0.2, -0.15) is 21.3 Å². The van der Waals surface area contributed by atoms with Crippen LogP contribution in [0.3, 0.4) is 0 Å². The van der Waals surface area contributed by atoms with E-state index >= 15 is 0 Å². The first-order chi connectivity index (χ1) is 18.8. The SMILES string of the molecule is c1cc(-n2cnc3c(Nc4ccc(N5CCOCC5)cc4)nc(NCc4ccc5c(c4)OCO5)nc32)cs1. The third-order valence-electron chi connectivity index (χ3n) is 6.57. The summed E-state index contributed by atoms with van der Waals surface area (Å²) in [4.78, 5) is 16.6. The first-order valence-electron chi connectivity index (χ1n) is 12.4. The number of imidazole rings is 1. The molecule has 2 aliphatic rings. The molecule has 5 heterocycles. The van der Waals surface area contributed by atoms with E-state index in [1.807, 2.05) is 34.2 Å². The molecule has 1 fully saturated rings. The molecular weight excluding hydrogens is 502 g/mol. The molecule has 3 aromatic heterocycles. The second-order valence-electron chi connectivity index (χ2n) is 8.98. The van der Waals surface area contributed by atoms with Crippen molar-refractivity contribution in [2.24, 2.45) is 0 Å². The highest BCUT2D eigenvalue weighted by Gasteiger charge is 2.17. The molecule has 0 spiro atoms. The van der Waals surface area contributed by atoms with Crippen LogP contribution in [0.15, 0.2) is 65.6 Å². The van der Waals surface area contributed by atoms with Crippen LogP contribution < -0.4 is 25.0 Å². The highest BCUT2D eigenvalue weighted by atomic mass is 32.1. The van der Waals surface area contributed by atoms with Gasteiger partial charge in [-0.15, -0.1) is 0 Å². The zero-order chi connectivity index (χ0) is 25.3. The van der Waals surface area contributed by atoms with Crippen molar-refractivity contribution in [1.29, 1.82) is 0 Å². The van der Waals surface area contributed by atoms with E-state index < -0.39 is 0 Å². The third-order valence-corrected chi connectivity index (χ3v) is 7.25. The Labute approximate surface area is 222 Å². The van der Waals surface area contributed by atoms with E-state index in [1.165, 1.54) is 5.69 Å². The van der Waals surface area contributed by atoms with Gasteiger partial charge >= 0.3 is 0 Å². The van der Waals surface area contributed by atoms with Gasteiger partial charge in [0.2, 0.25) is 12.7 Å². The van der Waals surface area contributed by atoms with E-state index in [1.54, 1.807) is 17.7 Å². The van der Waals surface area contributed by atoms with Crippen molar-refractivity contribution in [2.75, 3.05) is 48.6 Å². The molecule has 0 bridgehead atoms. The summed E-state index contributed by atoms with van der Waals surface area (Å²) in [5, 5.41) is 10.9. The number of anilines is 4. The standard InChI is InChI=1S/C27H25N7O3S/c1-6-22-23(37-17-36-22)13-18(1)14-28-27-31-25(24-26(32-27)34(16-29-24)21-7-12-38-15-21)30-19-2-4-20(5-3-19)33-8-10-35-11-9-33/h1-7,12-13,15-16H,8-11,14,17H2,(H2,28,30,31,32). The first-order valence-corrected chi connectivity index (χ1v) is 13.3. The highest BCUT2D eigenvalue weighted by Crippen LogP contribution is 2.33. The number of hydrogen-bond acceptors (Lipinski definition) is 10. The summed E-state index contributed by atoms with van der Waals surface area (Å²) < 4.78 is 18.4. The maximum absolute atomic E-state index is 5.52. The normalized spacial score (nSPS) is 14.7. The van der Waals surface area contributed by atoms with Gasteiger partial charge in [-0.1, -0.05) is 6.07 Å². The van der Waals surface area contributed by atoms with Crippen LogP contribution in [0.25, 0.3) is 16.9 Å². The van der Waals surface area contributed by atoms with E-state index in [0.29, 0.717) is 23.8 Å². The maximum Gasteiger partial charge on any atom is 0.231 e. The first kappa shape index (κ1) is 22.8. The second kappa shape index (κ2) is 9.84. The molecule has 0 unspecified atom stereocenters. The number of rotatable bonds is 7. The lowest BCUT2D eigenvalue weighted by Crippen LogP contribution is -2.36. The molecule has 38 heavy (non-hydrogen) atoms. The van der Waals surface area contributed by atoms with Crippen molar-refractivity contribution >= 4 is 45.6 Å². The molecule has 2 aromatic carbocycles. The minimum absolute atomic E-state index is 0.251. The fraction of sp³-hybridized carbons (Fsp3) is 0.222. The van der Waals surface area contributed by atoms with Crippen LogP contribution >= 0.6 is 11.3 Å². The average Bonchev–Trinajstić information content (AvgIpc) is 3.73. The molecule has 192 valence electrons. The van der Waals surface area contributed by atoms with Crippen molar-refractivity contribution in [3.63, 3.8) is 0 Å². The molecule has 10 nitrogen and oxygen atoms in total. The van der Waals surface area contributed by atoms with E-state index in [2.05, 4.69) is 50.2 Å². The number of aromatic nitrogens is 4. The van der Waals surface area contributed by atoms with Crippen LogP contribution in [0, 0.1) is 0 Å². The predicted molar refractivity (Wildman–Crippen MR) is 147 cm³/mol. The highest BCUT2D eigenvalue weighted by molar-refractivity contribution is 7.08. The predicted octanol–water partition coefficient (Wildman–Crippen LogP) is 4.80. The van der Waals surface area contributed by atoms with Gasteiger partial charge in [-0.3, -0.25) is 4.57 Å². The molecule has 2 aliphatic heterocycles. The molecule has 0 radical (unpaired) electrons. The monoisotopic (exact) mass is 527 g/mol. The van der Waals surface area contributed by atoms with Crippen molar-refractivity contribution in [2.45, 2.75) is 6.54 Å². The lowest BCUT2D eigenvalue weighted by atomic mass is 10.2. The Balaban J connectivity index is 1.19. The van der Waals surface area contributed by atoms with Gasteiger partial charge in [-0.25, -0.2) is 4.98 Å². The largest absolute Gasteiger partial charge is 0.454 e. The molecule has 7 rings (SSSR count). The van der Waals surface area contributed by atoms with Gasteiger partial charge in [0.05, 0.1) is 18.9 Å². The Morgan fingerprint density at radius 1 is 0.921 bits per heavy atom. The molecule has 2 N–H and O–H groups in total. The number of hydrogen-bond donors (Lipinski definition) is 2. The summed E-state index contributed by atoms with van der Waals surface area (Å²) >= 11 is 1.63. The number of morpholine rings is 1. The fourth-order valence-corrected chi connectivity index (χ4v) is 5.22. The summed E-state index contributed by atoms with van der Waals surface area (Å²) in [5.41, 5.74) is 5.57. The molecule has 0 aliphatic carbocycles. The number of nitrogens with zero attached hydrogens (tertiary/aromatic N) is 5. The number of benzene rings is 2. The summed E-state index contributed by atoms with van der Waals surface area (Å²) in [6, 6.07) is 16.3.